The van der Waals surface area contributed by atoms with Gasteiger partial charge in [0.1, 0.15) is 0 Å². The van der Waals surface area contributed by atoms with Crippen molar-refractivity contribution in [2.24, 2.45) is 11.3 Å². The summed E-state index contributed by atoms with van der Waals surface area (Å²) in [5, 5.41) is 12.9. The maximum atomic E-state index is 9.84. The van der Waals surface area contributed by atoms with Crippen LogP contribution in [0.4, 0.5) is 0 Å². The van der Waals surface area contributed by atoms with Crippen LogP contribution in [0.2, 0.25) is 0 Å². The summed E-state index contributed by atoms with van der Waals surface area (Å²) in [6.45, 7) is 5.36. The zero-order chi connectivity index (χ0) is 9.90. The molecule has 1 aliphatic carbocycles. The third-order valence-electron chi connectivity index (χ3n) is 3.20. The average molecular weight is 185 g/mol. The molecule has 1 saturated carbocycles. The van der Waals surface area contributed by atoms with Crippen LogP contribution < -0.4 is 5.32 Å². The van der Waals surface area contributed by atoms with E-state index in [1.807, 2.05) is 7.05 Å². The van der Waals surface area contributed by atoms with Crippen molar-refractivity contribution in [3.05, 3.63) is 0 Å². The second-order valence-electron chi connectivity index (χ2n) is 5.15. The van der Waals surface area contributed by atoms with Crippen molar-refractivity contribution < 1.29 is 5.11 Å². The Balaban J connectivity index is 2.42. The Morgan fingerprint density at radius 3 is 2.77 bits per heavy atom. The van der Waals surface area contributed by atoms with E-state index in [1.54, 1.807) is 0 Å². The number of nitrogens with one attached hydrogen (secondary N) is 1. The third kappa shape index (κ3) is 3.28. The fraction of sp³-hybridized carbons (Fsp3) is 1.00. The lowest BCUT2D eigenvalue weighted by molar-refractivity contribution is 0.0481. The summed E-state index contributed by atoms with van der Waals surface area (Å²) in [4.78, 5) is 0. The molecule has 2 unspecified atom stereocenters. The molecular formula is C11H23NO. The molecule has 0 aliphatic heterocycles. The van der Waals surface area contributed by atoms with Gasteiger partial charge in [0.15, 0.2) is 0 Å². The average Bonchev–Trinajstić information content (AvgIpc) is 2.03. The number of likely N-dealkylation sites (N-methyl/N-ethyl adjacent to an activating group) is 1. The van der Waals surface area contributed by atoms with Gasteiger partial charge >= 0.3 is 0 Å². The summed E-state index contributed by atoms with van der Waals surface area (Å²) in [6, 6.07) is 0. The molecule has 0 amide bonds. The van der Waals surface area contributed by atoms with Gasteiger partial charge in [-0.2, -0.15) is 0 Å². The largest absolute Gasteiger partial charge is 0.392 e. The van der Waals surface area contributed by atoms with Gasteiger partial charge in [0.25, 0.3) is 0 Å². The minimum Gasteiger partial charge on any atom is -0.392 e. The third-order valence-corrected chi connectivity index (χ3v) is 3.20. The van der Waals surface area contributed by atoms with Crippen molar-refractivity contribution in [1.82, 2.24) is 5.32 Å². The predicted octanol–water partition coefficient (Wildman–Crippen LogP) is 1.78. The maximum Gasteiger partial charge on any atom is 0.0692 e. The first-order valence-corrected chi connectivity index (χ1v) is 5.38. The van der Waals surface area contributed by atoms with Crippen LogP contribution in [0.1, 0.15) is 39.5 Å². The van der Waals surface area contributed by atoms with Gasteiger partial charge in [0.05, 0.1) is 6.10 Å². The van der Waals surface area contributed by atoms with Crippen LogP contribution in [0, 0.1) is 11.3 Å². The highest BCUT2D eigenvalue weighted by Crippen LogP contribution is 2.39. The van der Waals surface area contributed by atoms with Crippen molar-refractivity contribution in [3.8, 4) is 0 Å². The fourth-order valence-electron chi connectivity index (χ4n) is 2.46. The first kappa shape index (κ1) is 11.0. The number of aliphatic hydroxyl groups is 1. The lowest BCUT2D eigenvalue weighted by atomic mass is 9.70. The fourth-order valence-corrected chi connectivity index (χ4v) is 2.46. The Labute approximate surface area is 81.7 Å². The predicted molar refractivity (Wildman–Crippen MR) is 55.7 cm³/mol. The maximum absolute atomic E-state index is 9.84. The van der Waals surface area contributed by atoms with Crippen LogP contribution in [0.25, 0.3) is 0 Å². The first-order valence-electron chi connectivity index (χ1n) is 5.38. The summed E-state index contributed by atoms with van der Waals surface area (Å²) in [7, 11) is 1.90. The summed E-state index contributed by atoms with van der Waals surface area (Å²) < 4.78 is 0. The van der Waals surface area contributed by atoms with E-state index in [9.17, 15) is 5.11 Å². The second-order valence-corrected chi connectivity index (χ2v) is 5.15. The van der Waals surface area contributed by atoms with Crippen molar-refractivity contribution >= 4 is 0 Å². The zero-order valence-corrected chi connectivity index (χ0v) is 9.14. The van der Waals surface area contributed by atoms with Gasteiger partial charge in [-0.25, -0.2) is 0 Å². The van der Waals surface area contributed by atoms with Crippen molar-refractivity contribution in [3.63, 3.8) is 0 Å². The Bertz CT molecular complexity index is 156. The van der Waals surface area contributed by atoms with Gasteiger partial charge in [-0.3, -0.25) is 0 Å². The molecule has 2 N–H and O–H groups in total. The van der Waals surface area contributed by atoms with Crippen LogP contribution in [-0.2, 0) is 0 Å². The second kappa shape index (κ2) is 4.43. The topological polar surface area (TPSA) is 32.3 Å². The highest BCUT2D eigenvalue weighted by atomic mass is 16.3. The van der Waals surface area contributed by atoms with Crippen LogP contribution in [0.15, 0.2) is 0 Å². The quantitative estimate of drug-likeness (QED) is 0.702. The molecule has 1 rings (SSSR count). The van der Waals surface area contributed by atoms with Gasteiger partial charge in [-0.1, -0.05) is 20.3 Å². The Kier molecular flexibility index (Phi) is 3.74. The Morgan fingerprint density at radius 2 is 2.23 bits per heavy atom. The summed E-state index contributed by atoms with van der Waals surface area (Å²) in [6.07, 6.45) is 4.82. The summed E-state index contributed by atoms with van der Waals surface area (Å²) in [5.74, 6) is 0.510. The van der Waals surface area contributed by atoms with E-state index in [-0.39, 0.29) is 6.10 Å². The summed E-state index contributed by atoms with van der Waals surface area (Å²) in [5.41, 5.74) is 0.442. The minimum absolute atomic E-state index is 0.149. The molecule has 13 heavy (non-hydrogen) atoms. The number of hydrogen-bond acceptors (Lipinski definition) is 2. The molecule has 0 aromatic carbocycles. The molecule has 2 heteroatoms. The van der Waals surface area contributed by atoms with E-state index < -0.39 is 0 Å². The van der Waals surface area contributed by atoms with Gasteiger partial charge < -0.3 is 10.4 Å². The molecule has 78 valence electrons. The van der Waals surface area contributed by atoms with Crippen LogP contribution in [-0.4, -0.2) is 24.8 Å². The smallest absolute Gasteiger partial charge is 0.0692 e. The molecule has 0 saturated heterocycles. The van der Waals surface area contributed by atoms with E-state index in [4.69, 9.17) is 0 Å². The molecule has 1 aliphatic rings. The first-order chi connectivity index (χ1) is 6.05. The van der Waals surface area contributed by atoms with Crippen molar-refractivity contribution in [1.29, 1.82) is 0 Å². The highest BCUT2D eigenvalue weighted by Gasteiger charge is 2.31. The zero-order valence-electron chi connectivity index (χ0n) is 9.14. The van der Waals surface area contributed by atoms with Crippen LogP contribution in [0.3, 0.4) is 0 Å². The summed E-state index contributed by atoms with van der Waals surface area (Å²) >= 11 is 0. The molecule has 2 atom stereocenters. The van der Waals surface area contributed by atoms with Gasteiger partial charge in [0, 0.05) is 6.54 Å². The SMILES string of the molecule is CNCC(O)C1CCCC(C)(C)C1. The molecule has 0 aromatic rings. The number of aliphatic hydroxyl groups excluding tert-OH is 1. The Hall–Kier alpha value is -0.0800. The molecular weight excluding hydrogens is 162 g/mol. The normalized spacial score (nSPS) is 30.0. The molecule has 1 fully saturated rings. The Morgan fingerprint density at radius 1 is 1.54 bits per heavy atom. The van der Waals surface area contributed by atoms with E-state index in [1.165, 1.54) is 25.7 Å². The van der Waals surface area contributed by atoms with E-state index in [0.29, 0.717) is 11.3 Å². The monoisotopic (exact) mass is 185 g/mol. The van der Waals surface area contributed by atoms with Gasteiger partial charge in [-0.05, 0) is 37.6 Å². The molecule has 0 heterocycles. The van der Waals surface area contributed by atoms with E-state index >= 15 is 0 Å². The van der Waals surface area contributed by atoms with Gasteiger partial charge in [0.2, 0.25) is 0 Å². The van der Waals surface area contributed by atoms with Crippen molar-refractivity contribution in [2.75, 3.05) is 13.6 Å². The number of hydrogen-bond donors (Lipinski definition) is 2. The van der Waals surface area contributed by atoms with E-state index in [2.05, 4.69) is 19.2 Å². The molecule has 0 radical (unpaired) electrons. The van der Waals surface area contributed by atoms with E-state index in [0.717, 1.165) is 6.54 Å². The molecule has 2 nitrogen and oxygen atoms in total. The highest BCUT2D eigenvalue weighted by molar-refractivity contribution is 4.83. The number of rotatable bonds is 3. The molecule has 0 aromatic heterocycles. The van der Waals surface area contributed by atoms with Crippen LogP contribution in [0.5, 0.6) is 0 Å². The van der Waals surface area contributed by atoms with Gasteiger partial charge in [-0.15, -0.1) is 0 Å². The van der Waals surface area contributed by atoms with Crippen LogP contribution >= 0.6 is 0 Å². The molecule has 0 spiro atoms. The standard InChI is InChI=1S/C11H23NO/c1-11(2)6-4-5-9(7-11)10(13)8-12-3/h9-10,12-13H,4-8H2,1-3H3. The molecule has 0 bridgehead atoms. The lowest BCUT2D eigenvalue weighted by Crippen LogP contribution is -2.36. The van der Waals surface area contributed by atoms with Crippen molar-refractivity contribution in [2.45, 2.75) is 45.6 Å². The minimum atomic E-state index is -0.149. The lowest BCUT2D eigenvalue weighted by Gasteiger charge is -2.37.